The molecular weight excluding hydrogens is 328 g/mol. The van der Waals surface area contributed by atoms with Gasteiger partial charge < -0.3 is 14.5 Å². The number of ether oxygens (including phenoxy) is 1. The number of carbonyl (C=O) groups is 1. The maximum atomic E-state index is 13.1. The summed E-state index contributed by atoms with van der Waals surface area (Å²) in [5.74, 6) is 0.0426. The Balaban J connectivity index is 1.78. The Kier molecular flexibility index (Phi) is 6.30. The highest BCUT2D eigenvalue weighted by molar-refractivity contribution is 5.95. The minimum absolute atomic E-state index is 0.0426. The highest BCUT2D eigenvalue weighted by Gasteiger charge is 2.23. The summed E-state index contributed by atoms with van der Waals surface area (Å²) in [6.45, 7) is 2.95. The number of nitrogens with zero attached hydrogens (tertiary/aromatic N) is 4. The van der Waals surface area contributed by atoms with Crippen molar-refractivity contribution in [2.45, 2.75) is 18.9 Å². The van der Waals surface area contributed by atoms with Gasteiger partial charge in [-0.2, -0.15) is 0 Å². The Morgan fingerprint density at radius 1 is 1.19 bits per heavy atom. The minimum Gasteiger partial charge on any atom is -0.376 e. The molecule has 0 saturated carbocycles. The molecule has 0 aliphatic carbocycles. The summed E-state index contributed by atoms with van der Waals surface area (Å²) in [5.41, 5.74) is 2.53. The standard InChI is InChI=1S/C20H26N4O2/c1-23(2)8-9-24(14-19-7-4-10-26-19)20(25)17-6-3-5-16(11-17)18-12-21-15-22-13-18/h3,5-6,11-13,15,19H,4,7-10,14H2,1-2H3/t19-/m1/s1. The average Bonchev–Trinajstić information content (AvgIpc) is 3.18. The molecule has 0 spiro atoms. The second-order valence-corrected chi connectivity index (χ2v) is 6.90. The largest absolute Gasteiger partial charge is 0.376 e. The van der Waals surface area contributed by atoms with Gasteiger partial charge in [-0.25, -0.2) is 9.97 Å². The molecule has 1 saturated heterocycles. The molecule has 1 atom stereocenters. The third-order valence-electron chi connectivity index (χ3n) is 4.56. The van der Waals surface area contributed by atoms with Crippen LogP contribution in [0.2, 0.25) is 0 Å². The SMILES string of the molecule is CN(C)CCN(C[C@H]1CCCO1)C(=O)c1cccc(-c2cncnc2)c1. The number of hydrogen-bond donors (Lipinski definition) is 0. The zero-order valence-electron chi connectivity index (χ0n) is 15.5. The van der Waals surface area contributed by atoms with Crippen molar-refractivity contribution in [2.75, 3.05) is 40.3 Å². The number of hydrogen-bond acceptors (Lipinski definition) is 5. The van der Waals surface area contributed by atoms with Crippen molar-refractivity contribution >= 4 is 5.91 Å². The van der Waals surface area contributed by atoms with Gasteiger partial charge in [0.1, 0.15) is 6.33 Å². The second kappa shape index (κ2) is 8.87. The molecule has 1 aliphatic rings. The van der Waals surface area contributed by atoms with Gasteiger partial charge in [-0.05, 0) is 44.6 Å². The summed E-state index contributed by atoms with van der Waals surface area (Å²) < 4.78 is 5.75. The molecule has 3 rings (SSSR count). The third-order valence-corrected chi connectivity index (χ3v) is 4.56. The lowest BCUT2D eigenvalue weighted by atomic mass is 10.0. The van der Waals surface area contributed by atoms with Gasteiger partial charge in [0.25, 0.3) is 5.91 Å². The van der Waals surface area contributed by atoms with Gasteiger partial charge in [0.2, 0.25) is 0 Å². The lowest BCUT2D eigenvalue weighted by molar-refractivity contribution is 0.0512. The average molecular weight is 354 g/mol. The van der Waals surface area contributed by atoms with E-state index in [1.165, 1.54) is 6.33 Å². The molecule has 6 nitrogen and oxygen atoms in total. The van der Waals surface area contributed by atoms with Crippen LogP contribution >= 0.6 is 0 Å². The lowest BCUT2D eigenvalue weighted by Crippen LogP contribution is -2.41. The fraction of sp³-hybridized carbons (Fsp3) is 0.450. The van der Waals surface area contributed by atoms with E-state index in [-0.39, 0.29) is 12.0 Å². The smallest absolute Gasteiger partial charge is 0.254 e. The Hall–Kier alpha value is -2.31. The van der Waals surface area contributed by atoms with Gasteiger partial charge in [-0.15, -0.1) is 0 Å². The van der Waals surface area contributed by atoms with Crippen molar-refractivity contribution in [3.63, 3.8) is 0 Å². The summed E-state index contributed by atoms with van der Waals surface area (Å²) in [4.78, 5) is 25.3. The molecule has 1 aromatic heterocycles. The van der Waals surface area contributed by atoms with E-state index >= 15 is 0 Å². The van der Waals surface area contributed by atoms with E-state index in [0.717, 1.165) is 37.1 Å². The van der Waals surface area contributed by atoms with E-state index in [9.17, 15) is 4.79 Å². The van der Waals surface area contributed by atoms with Gasteiger partial charge in [0, 0.05) is 49.8 Å². The molecule has 1 aliphatic heterocycles. The van der Waals surface area contributed by atoms with Crippen molar-refractivity contribution in [3.05, 3.63) is 48.5 Å². The number of benzene rings is 1. The van der Waals surface area contributed by atoms with E-state index in [2.05, 4.69) is 14.9 Å². The van der Waals surface area contributed by atoms with Crippen molar-refractivity contribution in [3.8, 4) is 11.1 Å². The maximum Gasteiger partial charge on any atom is 0.254 e. The number of amides is 1. The normalized spacial score (nSPS) is 16.8. The highest BCUT2D eigenvalue weighted by Crippen LogP contribution is 2.20. The molecular formula is C20H26N4O2. The maximum absolute atomic E-state index is 13.1. The van der Waals surface area contributed by atoms with Gasteiger partial charge in [0.15, 0.2) is 0 Å². The van der Waals surface area contributed by atoms with Crippen LogP contribution in [0.4, 0.5) is 0 Å². The summed E-state index contributed by atoms with van der Waals surface area (Å²) in [6, 6.07) is 7.67. The Labute approximate surface area is 154 Å². The van der Waals surface area contributed by atoms with Crippen LogP contribution in [0.5, 0.6) is 0 Å². The first-order chi connectivity index (χ1) is 12.6. The fourth-order valence-electron chi connectivity index (χ4n) is 3.09. The molecule has 138 valence electrons. The van der Waals surface area contributed by atoms with Crippen LogP contribution in [-0.4, -0.2) is 72.1 Å². The predicted octanol–water partition coefficient (Wildman–Crippen LogP) is 2.33. The van der Waals surface area contributed by atoms with E-state index in [4.69, 9.17) is 4.74 Å². The van der Waals surface area contributed by atoms with Gasteiger partial charge >= 0.3 is 0 Å². The van der Waals surface area contributed by atoms with Crippen LogP contribution in [-0.2, 0) is 4.74 Å². The van der Waals surface area contributed by atoms with Gasteiger partial charge in [-0.1, -0.05) is 12.1 Å². The van der Waals surface area contributed by atoms with E-state index in [1.54, 1.807) is 12.4 Å². The van der Waals surface area contributed by atoms with Crippen LogP contribution in [0.1, 0.15) is 23.2 Å². The second-order valence-electron chi connectivity index (χ2n) is 6.90. The van der Waals surface area contributed by atoms with Crippen LogP contribution in [0.3, 0.4) is 0 Å². The molecule has 2 heterocycles. The molecule has 26 heavy (non-hydrogen) atoms. The Bertz CT molecular complexity index is 715. The fourth-order valence-corrected chi connectivity index (χ4v) is 3.09. The van der Waals surface area contributed by atoms with Gasteiger partial charge in [0.05, 0.1) is 6.10 Å². The molecule has 2 aromatic rings. The molecule has 0 unspecified atom stereocenters. The monoisotopic (exact) mass is 354 g/mol. The number of carbonyl (C=O) groups excluding carboxylic acids is 1. The molecule has 1 amide bonds. The predicted molar refractivity (Wildman–Crippen MR) is 101 cm³/mol. The van der Waals surface area contributed by atoms with Crippen LogP contribution in [0, 0.1) is 0 Å². The third kappa shape index (κ3) is 4.86. The van der Waals surface area contributed by atoms with Crippen molar-refractivity contribution in [1.29, 1.82) is 0 Å². The first-order valence-corrected chi connectivity index (χ1v) is 9.04. The molecule has 0 N–H and O–H groups in total. The minimum atomic E-state index is 0.0426. The van der Waals surface area contributed by atoms with Crippen LogP contribution in [0.15, 0.2) is 43.0 Å². The molecule has 0 bridgehead atoms. The topological polar surface area (TPSA) is 58.6 Å². The number of aromatic nitrogens is 2. The molecule has 1 fully saturated rings. The zero-order valence-corrected chi connectivity index (χ0v) is 15.5. The quantitative estimate of drug-likeness (QED) is 0.764. The summed E-state index contributed by atoms with van der Waals surface area (Å²) in [6.07, 6.45) is 7.26. The first-order valence-electron chi connectivity index (χ1n) is 9.04. The van der Waals surface area contributed by atoms with Crippen molar-refractivity contribution < 1.29 is 9.53 Å². The van der Waals surface area contributed by atoms with E-state index in [1.807, 2.05) is 43.3 Å². The van der Waals surface area contributed by atoms with E-state index < -0.39 is 0 Å². The van der Waals surface area contributed by atoms with Crippen molar-refractivity contribution in [2.24, 2.45) is 0 Å². The van der Waals surface area contributed by atoms with Gasteiger partial charge in [-0.3, -0.25) is 4.79 Å². The van der Waals surface area contributed by atoms with Crippen molar-refractivity contribution in [1.82, 2.24) is 19.8 Å². The summed E-state index contributed by atoms with van der Waals surface area (Å²) in [7, 11) is 4.04. The van der Waals surface area contributed by atoms with Crippen LogP contribution < -0.4 is 0 Å². The van der Waals surface area contributed by atoms with E-state index in [0.29, 0.717) is 18.7 Å². The summed E-state index contributed by atoms with van der Waals surface area (Å²) in [5, 5.41) is 0. The van der Waals surface area contributed by atoms with Crippen LogP contribution in [0.25, 0.3) is 11.1 Å². The molecule has 0 radical (unpaired) electrons. The Morgan fingerprint density at radius 2 is 2.00 bits per heavy atom. The first kappa shape index (κ1) is 18.5. The highest BCUT2D eigenvalue weighted by atomic mass is 16.5. The zero-order chi connectivity index (χ0) is 18.4. The molecule has 6 heteroatoms. The number of rotatable bonds is 7. The summed E-state index contributed by atoms with van der Waals surface area (Å²) >= 11 is 0. The molecule has 1 aromatic carbocycles. The number of likely N-dealkylation sites (N-methyl/N-ethyl adjacent to an activating group) is 1. The Morgan fingerprint density at radius 3 is 2.69 bits per heavy atom. The lowest BCUT2D eigenvalue weighted by Gasteiger charge is -2.27.